The van der Waals surface area contributed by atoms with E-state index >= 15 is 0 Å². The van der Waals surface area contributed by atoms with Crippen molar-refractivity contribution in [2.45, 2.75) is 13.5 Å². The van der Waals surface area contributed by atoms with Crippen LogP contribution in [0.1, 0.15) is 10.4 Å². The molecule has 0 aliphatic carbocycles. The normalized spacial score (nSPS) is 10.8. The van der Waals surface area contributed by atoms with Crippen LogP contribution in [0.2, 0.25) is 0 Å². The maximum Gasteiger partial charge on any atom is 0.238 e. The Labute approximate surface area is 131 Å². The Balaban J connectivity index is 1.87. The number of nitrogens with zero attached hydrogens (tertiary/aromatic N) is 1. The topological polar surface area (TPSA) is 32.3 Å². The highest BCUT2D eigenvalue weighted by atomic mass is 79.9. The molecule has 0 atom stereocenters. The van der Waals surface area contributed by atoms with Crippen LogP contribution in [-0.2, 0) is 11.3 Å². The van der Waals surface area contributed by atoms with E-state index in [0.717, 1.165) is 22.3 Å². The summed E-state index contributed by atoms with van der Waals surface area (Å²) in [5.74, 6) is -0.000177. The number of likely N-dealkylation sites (N-methyl/N-ethyl adjacent to an activating group) is 1. The lowest BCUT2D eigenvalue weighted by atomic mass is 10.2. The fourth-order valence-electron chi connectivity index (χ4n) is 1.84. The molecule has 1 heterocycles. The maximum absolute atomic E-state index is 12.0. The standard InChI is InChI=1S/C15H17BrN2OS/c1-11-5-6-12(8-14(11)16)17-15(19)10-18(2)9-13-4-3-7-20-13/h3-8H,9-10H2,1-2H3,(H,17,19). The SMILES string of the molecule is Cc1ccc(NC(=O)CN(C)Cc2cccs2)cc1Br. The number of anilines is 1. The molecular weight excluding hydrogens is 336 g/mol. The van der Waals surface area contributed by atoms with E-state index < -0.39 is 0 Å². The van der Waals surface area contributed by atoms with Crippen molar-refractivity contribution >= 4 is 38.9 Å². The number of thiophene rings is 1. The van der Waals surface area contributed by atoms with Crippen molar-refractivity contribution in [1.29, 1.82) is 0 Å². The van der Waals surface area contributed by atoms with Crippen molar-refractivity contribution in [2.24, 2.45) is 0 Å². The molecule has 0 unspecified atom stereocenters. The average molecular weight is 353 g/mol. The monoisotopic (exact) mass is 352 g/mol. The Kier molecular flexibility index (Phi) is 5.34. The fraction of sp³-hybridized carbons (Fsp3) is 0.267. The first-order valence-corrected chi connectivity index (χ1v) is 7.99. The number of rotatable bonds is 5. The predicted molar refractivity (Wildman–Crippen MR) is 88.2 cm³/mol. The molecule has 0 fully saturated rings. The lowest BCUT2D eigenvalue weighted by Crippen LogP contribution is -2.29. The Morgan fingerprint density at radius 2 is 2.20 bits per heavy atom. The predicted octanol–water partition coefficient (Wildman–Crippen LogP) is 3.89. The lowest BCUT2D eigenvalue weighted by molar-refractivity contribution is -0.117. The smallest absolute Gasteiger partial charge is 0.238 e. The number of aryl methyl sites for hydroxylation is 1. The van der Waals surface area contributed by atoms with Crippen LogP contribution in [0, 0.1) is 6.92 Å². The number of carbonyl (C=O) groups excluding carboxylic acids is 1. The number of hydrogen-bond donors (Lipinski definition) is 1. The van der Waals surface area contributed by atoms with E-state index in [1.165, 1.54) is 4.88 Å². The molecule has 1 N–H and O–H groups in total. The van der Waals surface area contributed by atoms with Crippen LogP contribution < -0.4 is 5.32 Å². The number of benzene rings is 1. The Morgan fingerprint density at radius 3 is 2.85 bits per heavy atom. The van der Waals surface area contributed by atoms with Gasteiger partial charge in [-0.1, -0.05) is 28.1 Å². The summed E-state index contributed by atoms with van der Waals surface area (Å²) in [6.45, 7) is 3.19. The fourth-order valence-corrected chi connectivity index (χ4v) is 3.00. The van der Waals surface area contributed by atoms with Gasteiger partial charge in [-0.3, -0.25) is 9.69 Å². The molecule has 2 rings (SSSR count). The van der Waals surface area contributed by atoms with E-state index in [0.29, 0.717) is 6.54 Å². The van der Waals surface area contributed by atoms with Gasteiger partial charge in [0.25, 0.3) is 0 Å². The average Bonchev–Trinajstić information content (AvgIpc) is 2.86. The first kappa shape index (κ1) is 15.2. The highest BCUT2D eigenvalue weighted by molar-refractivity contribution is 9.10. The minimum absolute atomic E-state index is 0.000177. The van der Waals surface area contributed by atoms with Gasteiger partial charge in [0.1, 0.15) is 0 Å². The molecule has 0 radical (unpaired) electrons. The Hall–Kier alpha value is -1.17. The van der Waals surface area contributed by atoms with Crippen molar-refractivity contribution < 1.29 is 4.79 Å². The van der Waals surface area contributed by atoms with Crippen molar-refractivity contribution in [3.63, 3.8) is 0 Å². The third-order valence-corrected chi connectivity index (χ3v) is 4.59. The summed E-state index contributed by atoms with van der Waals surface area (Å²) < 4.78 is 1.00. The largest absolute Gasteiger partial charge is 0.325 e. The molecule has 1 aromatic carbocycles. The number of halogens is 1. The molecule has 20 heavy (non-hydrogen) atoms. The quantitative estimate of drug-likeness (QED) is 0.885. The second-order valence-electron chi connectivity index (χ2n) is 4.76. The van der Waals surface area contributed by atoms with Crippen molar-refractivity contribution in [2.75, 3.05) is 18.9 Å². The van der Waals surface area contributed by atoms with E-state index in [1.807, 2.05) is 48.5 Å². The first-order valence-electron chi connectivity index (χ1n) is 6.31. The molecule has 0 aliphatic heterocycles. The number of hydrogen-bond acceptors (Lipinski definition) is 3. The van der Waals surface area contributed by atoms with E-state index in [-0.39, 0.29) is 5.91 Å². The molecule has 1 amide bonds. The maximum atomic E-state index is 12.0. The van der Waals surface area contributed by atoms with Crippen molar-refractivity contribution in [3.05, 3.63) is 50.6 Å². The summed E-state index contributed by atoms with van der Waals surface area (Å²) in [5, 5.41) is 4.96. The summed E-state index contributed by atoms with van der Waals surface area (Å²) in [7, 11) is 1.95. The minimum atomic E-state index is -0.000177. The molecule has 3 nitrogen and oxygen atoms in total. The van der Waals surface area contributed by atoms with Crippen LogP contribution in [0.4, 0.5) is 5.69 Å². The van der Waals surface area contributed by atoms with Gasteiger partial charge in [-0.15, -0.1) is 11.3 Å². The van der Waals surface area contributed by atoms with E-state index in [2.05, 4.69) is 27.3 Å². The minimum Gasteiger partial charge on any atom is -0.325 e. The first-order chi connectivity index (χ1) is 9.54. The van der Waals surface area contributed by atoms with Gasteiger partial charge in [0.15, 0.2) is 0 Å². The number of carbonyl (C=O) groups is 1. The lowest BCUT2D eigenvalue weighted by Gasteiger charge is -2.15. The summed E-state index contributed by atoms with van der Waals surface area (Å²) in [5.41, 5.74) is 1.97. The summed E-state index contributed by atoms with van der Waals surface area (Å²) >= 11 is 5.17. The van der Waals surface area contributed by atoms with Gasteiger partial charge in [-0.05, 0) is 43.1 Å². The van der Waals surface area contributed by atoms with Crippen LogP contribution in [0.3, 0.4) is 0 Å². The summed E-state index contributed by atoms with van der Waals surface area (Å²) in [4.78, 5) is 15.2. The van der Waals surface area contributed by atoms with Gasteiger partial charge >= 0.3 is 0 Å². The zero-order valence-electron chi connectivity index (χ0n) is 11.5. The number of amides is 1. The van der Waals surface area contributed by atoms with E-state index in [4.69, 9.17) is 0 Å². The highest BCUT2D eigenvalue weighted by Crippen LogP contribution is 2.20. The molecule has 0 saturated heterocycles. The van der Waals surface area contributed by atoms with Crippen LogP contribution >= 0.6 is 27.3 Å². The van der Waals surface area contributed by atoms with Gasteiger partial charge in [0.05, 0.1) is 6.54 Å². The molecule has 2 aromatic rings. The Morgan fingerprint density at radius 1 is 1.40 bits per heavy atom. The van der Waals surface area contributed by atoms with Gasteiger partial charge in [-0.2, -0.15) is 0 Å². The molecule has 0 bridgehead atoms. The van der Waals surface area contributed by atoms with Gasteiger partial charge in [0, 0.05) is 21.6 Å². The van der Waals surface area contributed by atoms with E-state index in [9.17, 15) is 4.79 Å². The third kappa shape index (κ3) is 4.44. The van der Waals surface area contributed by atoms with Gasteiger partial charge < -0.3 is 5.32 Å². The molecule has 0 saturated carbocycles. The van der Waals surface area contributed by atoms with Gasteiger partial charge in [0.2, 0.25) is 5.91 Å². The van der Waals surface area contributed by atoms with Crippen molar-refractivity contribution in [1.82, 2.24) is 4.90 Å². The summed E-state index contributed by atoms with van der Waals surface area (Å²) in [6, 6.07) is 9.92. The van der Waals surface area contributed by atoms with Gasteiger partial charge in [-0.25, -0.2) is 0 Å². The van der Waals surface area contributed by atoms with Crippen LogP contribution in [0.5, 0.6) is 0 Å². The third-order valence-electron chi connectivity index (χ3n) is 2.87. The van der Waals surface area contributed by atoms with Crippen molar-refractivity contribution in [3.8, 4) is 0 Å². The zero-order chi connectivity index (χ0) is 14.5. The molecule has 0 spiro atoms. The molecule has 1 aromatic heterocycles. The molecule has 0 aliphatic rings. The van der Waals surface area contributed by atoms with Crippen LogP contribution in [0.15, 0.2) is 40.2 Å². The van der Waals surface area contributed by atoms with E-state index in [1.54, 1.807) is 11.3 Å². The second-order valence-corrected chi connectivity index (χ2v) is 6.65. The Bertz CT molecular complexity index is 584. The van der Waals surface area contributed by atoms with Crippen LogP contribution in [-0.4, -0.2) is 24.4 Å². The zero-order valence-corrected chi connectivity index (χ0v) is 13.9. The molecule has 5 heteroatoms. The number of nitrogens with one attached hydrogen (secondary N) is 1. The highest BCUT2D eigenvalue weighted by Gasteiger charge is 2.08. The van der Waals surface area contributed by atoms with Crippen LogP contribution in [0.25, 0.3) is 0 Å². The molecule has 106 valence electrons. The molecular formula is C15H17BrN2OS. The second kappa shape index (κ2) is 7.02. The summed E-state index contributed by atoms with van der Waals surface area (Å²) in [6.07, 6.45) is 0.